The molecule has 3 heterocycles. The van der Waals surface area contributed by atoms with Crippen molar-refractivity contribution in [2.45, 2.75) is 43.3 Å². The average molecular weight is 555 g/mol. The van der Waals surface area contributed by atoms with Crippen molar-refractivity contribution >= 4 is 45.9 Å². The van der Waals surface area contributed by atoms with E-state index in [1.807, 2.05) is 62.6 Å². The Morgan fingerprint density at radius 1 is 1.19 bits per heavy atom. The van der Waals surface area contributed by atoms with E-state index in [-0.39, 0.29) is 12.0 Å². The minimum absolute atomic E-state index is 0.187. The number of likely N-dealkylation sites (N-methyl/N-ethyl adjacent to an activating group) is 1. The van der Waals surface area contributed by atoms with E-state index in [1.165, 1.54) is 41.2 Å². The van der Waals surface area contributed by atoms with Crippen LogP contribution >= 0.6 is 34.9 Å². The van der Waals surface area contributed by atoms with Crippen molar-refractivity contribution in [3.8, 4) is 5.75 Å². The van der Waals surface area contributed by atoms with E-state index in [1.54, 1.807) is 6.20 Å². The summed E-state index contributed by atoms with van der Waals surface area (Å²) in [5.41, 5.74) is 1.52. The molecule has 1 saturated heterocycles. The summed E-state index contributed by atoms with van der Waals surface area (Å²) in [6, 6.07) is 8.06. The molecule has 11 heteroatoms. The second kappa shape index (κ2) is 13.1. The first-order valence-electron chi connectivity index (χ1n) is 11.8. The zero-order valence-corrected chi connectivity index (χ0v) is 23.7. The topological polar surface area (TPSA) is 96.0 Å². The number of ether oxygens (including phenoxy) is 1. The molecular formula is C26H30N6O2S3. The minimum atomic E-state index is -0.187. The van der Waals surface area contributed by atoms with Crippen molar-refractivity contribution in [3.05, 3.63) is 75.3 Å². The van der Waals surface area contributed by atoms with E-state index >= 15 is 0 Å². The van der Waals surface area contributed by atoms with Gasteiger partial charge in [-0.1, -0.05) is 35.2 Å². The van der Waals surface area contributed by atoms with Crippen LogP contribution in [0.25, 0.3) is 0 Å². The molecule has 1 unspecified atom stereocenters. The van der Waals surface area contributed by atoms with Crippen LogP contribution in [0, 0.1) is 0 Å². The Bertz CT molecular complexity index is 1260. The van der Waals surface area contributed by atoms with Gasteiger partial charge in [0.05, 0.1) is 5.57 Å². The van der Waals surface area contributed by atoms with Gasteiger partial charge in [-0.05, 0) is 69.5 Å². The number of likely N-dealkylation sites (tertiary alicyclic amines) is 1. The third-order valence-corrected chi connectivity index (χ3v) is 8.05. The highest BCUT2D eigenvalue weighted by atomic mass is 32.2. The Morgan fingerprint density at radius 2 is 2.00 bits per heavy atom. The van der Waals surface area contributed by atoms with Gasteiger partial charge in [-0.2, -0.15) is 5.10 Å². The zero-order chi connectivity index (χ0) is 26.2. The van der Waals surface area contributed by atoms with E-state index in [2.05, 4.69) is 37.4 Å². The minimum Gasteiger partial charge on any atom is -0.489 e. The standard InChI is InChI=1S/C26H30N6O2S3/c1-17(2)23(24(33)30-25-27-12-14-35-25)22(10-5-18(3)36-26-28-16-29-31-26)37-21-8-6-19(7-9-21)34-20-11-13-32(4)15-20/h5-10,12,14,16,20H,11,13,15H2,1-4H3,(H,27,30,33)(H,28,29,31)/b18-5+,22-10+. The summed E-state index contributed by atoms with van der Waals surface area (Å²) in [5, 5.41) is 12.8. The number of carbonyl (C=O) groups is 1. The highest BCUT2D eigenvalue weighted by Gasteiger charge is 2.21. The molecule has 0 saturated carbocycles. The maximum atomic E-state index is 13.3. The lowest BCUT2D eigenvalue weighted by molar-refractivity contribution is -0.112. The summed E-state index contributed by atoms with van der Waals surface area (Å²) in [5.74, 6) is 0.672. The number of anilines is 1. The molecule has 0 aliphatic carbocycles. The predicted molar refractivity (Wildman–Crippen MR) is 152 cm³/mol. The van der Waals surface area contributed by atoms with Gasteiger partial charge >= 0.3 is 0 Å². The van der Waals surface area contributed by atoms with Crippen LogP contribution in [-0.2, 0) is 4.79 Å². The molecule has 1 aliphatic heterocycles. The van der Waals surface area contributed by atoms with Crippen LogP contribution in [0.4, 0.5) is 5.13 Å². The molecule has 0 radical (unpaired) electrons. The highest BCUT2D eigenvalue weighted by Crippen LogP contribution is 2.36. The molecule has 1 aliphatic rings. The summed E-state index contributed by atoms with van der Waals surface area (Å²) in [7, 11) is 2.11. The van der Waals surface area contributed by atoms with E-state index in [0.29, 0.717) is 15.9 Å². The molecule has 1 aromatic carbocycles. The first kappa shape index (κ1) is 27.2. The number of allylic oxidation sites excluding steroid dienone is 4. The van der Waals surface area contributed by atoms with Crippen LogP contribution in [0.5, 0.6) is 5.75 Å². The first-order valence-corrected chi connectivity index (χ1v) is 14.3. The number of amides is 1. The molecule has 2 N–H and O–H groups in total. The number of aromatic amines is 1. The van der Waals surface area contributed by atoms with Crippen molar-refractivity contribution in [2.24, 2.45) is 0 Å². The van der Waals surface area contributed by atoms with Gasteiger partial charge in [-0.3, -0.25) is 15.2 Å². The molecule has 4 rings (SSSR count). The summed E-state index contributed by atoms with van der Waals surface area (Å²) in [4.78, 5) is 26.8. The van der Waals surface area contributed by atoms with E-state index in [9.17, 15) is 4.79 Å². The van der Waals surface area contributed by atoms with Gasteiger partial charge in [0.1, 0.15) is 18.2 Å². The number of thioether (sulfide) groups is 2. The van der Waals surface area contributed by atoms with Crippen LogP contribution in [0.15, 0.2) is 85.3 Å². The van der Waals surface area contributed by atoms with Crippen LogP contribution in [0.1, 0.15) is 27.2 Å². The molecule has 8 nitrogen and oxygen atoms in total. The maximum Gasteiger partial charge on any atom is 0.258 e. The molecule has 1 fully saturated rings. The summed E-state index contributed by atoms with van der Waals surface area (Å²) >= 11 is 4.41. The lowest BCUT2D eigenvalue weighted by atomic mass is 10.1. The van der Waals surface area contributed by atoms with E-state index in [0.717, 1.165) is 45.5 Å². The number of nitrogens with one attached hydrogen (secondary N) is 2. The third kappa shape index (κ3) is 8.06. The van der Waals surface area contributed by atoms with Gasteiger partial charge < -0.3 is 9.64 Å². The molecule has 37 heavy (non-hydrogen) atoms. The lowest BCUT2D eigenvalue weighted by Gasteiger charge is -2.15. The van der Waals surface area contributed by atoms with Gasteiger partial charge in [-0.25, -0.2) is 9.97 Å². The number of thiazole rings is 1. The Kier molecular flexibility index (Phi) is 9.62. The third-order valence-electron chi connectivity index (χ3n) is 5.45. The van der Waals surface area contributed by atoms with Crippen molar-refractivity contribution < 1.29 is 9.53 Å². The summed E-state index contributed by atoms with van der Waals surface area (Å²) in [6.45, 7) is 7.89. The highest BCUT2D eigenvalue weighted by molar-refractivity contribution is 8.03. The van der Waals surface area contributed by atoms with Gasteiger partial charge in [0, 0.05) is 34.5 Å². The molecule has 3 aromatic rings. The van der Waals surface area contributed by atoms with Crippen LogP contribution in [-0.4, -0.2) is 57.2 Å². The normalized spacial score (nSPS) is 16.6. The number of benzene rings is 1. The van der Waals surface area contributed by atoms with E-state index < -0.39 is 0 Å². The molecule has 0 spiro atoms. The number of hydrogen-bond donors (Lipinski definition) is 2. The quantitative estimate of drug-likeness (QED) is 0.179. The molecule has 0 bridgehead atoms. The molecule has 2 aromatic heterocycles. The Balaban J connectivity index is 1.56. The van der Waals surface area contributed by atoms with Crippen LogP contribution in [0.2, 0.25) is 0 Å². The molecule has 194 valence electrons. The van der Waals surface area contributed by atoms with Crippen LogP contribution < -0.4 is 10.1 Å². The summed E-state index contributed by atoms with van der Waals surface area (Å²) in [6.07, 6.45) is 8.38. The number of carbonyl (C=O) groups excluding carboxylic acids is 1. The molecular weight excluding hydrogens is 525 g/mol. The first-order chi connectivity index (χ1) is 17.9. The Hall–Kier alpha value is -2.86. The fourth-order valence-electron chi connectivity index (χ4n) is 3.72. The second-order valence-corrected chi connectivity index (χ2v) is 12.0. The smallest absolute Gasteiger partial charge is 0.258 e. The van der Waals surface area contributed by atoms with Gasteiger partial charge in [0.2, 0.25) is 0 Å². The Labute approximate surface area is 229 Å². The lowest BCUT2D eigenvalue weighted by Crippen LogP contribution is -2.21. The van der Waals surface area contributed by atoms with Crippen molar-refractivity contribution in [1.29, 1.82) is 0 Å². The predicted octanol–water partition coefficient (Wildman–Crippen LogP) is 5.99. The molecule has 1 amide bonds. The molecule has 1 atom stereocenters. The maximum absolute atomic E-state index is 13.3. The average Bonchev–Trinajstić information content (AvgIpc) is 3.63. The van der Waals surface area contributed by atoms with Gasteiger partial charge in [-0.15, -0.1) is 11.3 Å². The largest absolute Gasteiger partial charge is 0.489 e. The van der Waals surface area contributed by atoms with Crippen molar-refractivity contribution in [1.82, 2.24) is 25.1 Å². The number of rotatable bonds is 10. The van der Waals surface area contributed by atoms with E-state index in [4.69, 9.17) is 4.74 Å². The number of nitrogens with zero attached hydrogens (tertiary/aromatic N) is 4. The number of H-pyrrole nitrogens is 1. The van der Waals surface area contributed by atoms with Crippen molar-refractivity contribution in [2.75, 3.05) is 25.5 Å². The number of hydrogen-bond acceptors (Lipinski definition) is 9. The monoisotopic (exact) mass is 554 g/mol. The van der Waals surface area contributed by atoms with Crippen molar-refractivity contribution in [3.63, 3.8) is 0 Å². The Morgan fingerprint density at radius 3 is 2.62 bits per heavy atom. The zero-order valence-electron chi connectivity index (χ0n) is 21.2. The van der Waals surface area contributed by atoms with Crippen LogP contribution in [0.3, 0.4) is 0 Å². The van der Waals surface area contributed by atoms with Gasteiger partial charge in [0.15, 0.2) is 10.3 Å². The fraction of sp³-hybridized carbons (Fsp3) is 0.308. The summed E-state index contributed by atoms with van der Waals surface area (Å²) < 4.78 is 6.15. The fourth-order valence-corrected chi connectivity index (χ4v) is 5.94. The SMILES string of the molecule is CC(C)=C(C(=O)Nc1nccs1)/C(=C\C=C(/C)Sc1ncn[nH]1)Sc1ccc(OC2CCN(C)C2)cc1. The van der Waals surface area contributed by atoms with Gasteiger partial charge in [0.25, 0.3) is 5.91 Å². The number of aromatic nitrogens is 4. The second-order valence-electron chi connectivity index (χ2n) is 8.73.